The van der Waals surface area contributed by atoms with E-state index in [0.29, 0.717) is 41.1 Å². The SMILES string of the molecule is CCn1nnnc1NCc1c(Br)ccc(OC)c1OCc1ccc(F)cc1Cl. The maximum atomic E-state index is 13.3. The third-order valence-electron chi connectivity index (χ3n) is 4.03. The van der Waals surface area contributed by atoms with Crippen LogP contribution in [-0.4, -0.2) is 27.3 Å². The molecule has 0 unspecified atom stereocenters. The standard InChI is InChI=1S/C18H18BrClFN5O2/c1-3-26-18(23-24-25-26)22-9-13-14(19)6-7-16(27-2)17(13)28-10-11-4-5-12(21)8-15(11)20/h4-8H,3,9-10H2,1-2H3,(H,22,23,25). The molecule has 0 spiro atoms. The number of aryl methyl sites for hydroxylation is 1. The van der Waals surface area contributed by atoms with Crippen molar-refractivity contribution in [3.05, 3.63) is 56.8 Å². The summed E-state index contributed by atoms with van der Waals surface area (Å²) >= 11 is 9.66. The monoisotopic (exact) mass is 469 g/mol. The van der Waals surface area contributed by atoms with Gasteiger partial charge >= 0.3 is 0 Å². The molecule has 1 N–H and O–H groups in total. The molecule has 0 fully saturated rings. The molecule has 1 heterocycles. The van der Waals surface area contributed by atoms with E-state index in [2.05, 4.69) is 36.8 Å². The van der Waals surface area contributed by atoms with Crippen LogP contribution in [0.15, 0.2) is 34.8 Å². The van der Waals surface area contributed by atoms with Crippen LogP contribution in [0.2, 0.25) is 5.02 Å². The van der Waals surface area contributed by atoms with Gasteiger partial charge in [-0.2, -0.15) is 0 Å². The Morgan fingerprint density at radius 2 is 2.11 bits per heavy atom. The third-order valence-corrected chi connectivity index (χ3v) is 5.12. The molecule has 0 bridgehead atoms. The zero-order chi connectivity index (χ0) is 20.1. The zero-order valence-corrected chi connectivity index (χ0v) is 17.6. The molecule has 1 aromatic heterocycles. The molecule has 148 valence electrons. The molecule has 3 aromatic rings. The van der Waals surface area contributed by atoms with Crippen LogP contribution in [-0.2, 0) is 19.7 Å². The maximum absolute atomic E-state index is 13.3. The summed E-state index contributed by atoms with van der Waals surface area (Å²) in [5, 5.41) is 15.0. The van der Waals surface area contributed by atoms with Crippen molar-refractivity contribution >= 4 is 33.5 Å². The van der Waals surface area contributed by atoms with Gasteiger partial charge < -0.3 is 14.8 Å². The predicted octanol–water partition coefficient (Wildman–Crippen LogP) is 4.45. The lowest BCUT2D eigenvalue weighted by atomic mass is 10.1. The van der Waals surface area contributed by atoms with Crippen molar-refractivity contribution in [2.75, 3.05) is 12.4 Å². The van der Waals surface area contributed by atoms with Crippen molar-refractivity contribution in [3.63, 3.8) is 0 Å². The fraction of sp³-hybridized carbons (Fsp3) is 0.278. The van der Waals surface area contributed by atoms with E-state index in [-0.39, 0.29) is 6.61 Å². The Morgan fingerprint density at radius 3 is 2.82 bits per heavy atom. The normalized spacial score (nSPS) is 10.8. The second-order valence-electron chi connectivity index (χ2n) is 5.75. The Kier molecular flexibility index (Phi) is 6.69. The van der Waals surface area contributed by atoms with E-state index in [1.54, 1.807) is 23.9 Å². The lowest BCUT2D eigenvalue weighted by molar-refractivity contribution is 0.281. The molecule has 0 atom stereocenters. The molecule has 0 radical (unpaired) electrons. The van der Waals surface area contributed by atoms with E-state index in [4.69, 9.17) is 21.1 Å². The van der Waals surface area contributed by atoms with Gasteiger partial charge in [0, 0.05) is 28.7 Å². The average molecular weight is 471 g/mol. The lowest BCUT2D eigenvalue weighted by Gasteiger charge is -2.17. The Morgan fingerprint density at radius 1 is 1.29 bits per heavy atom. The van der Waals surface area contributed by atoms with Crippen LogP contribution in [0.25, 0.3) is 0 Å². The second kappa shape index (κ2) is 9.20. The Bertz CT molecular complexity index is 969. The number of anilines is 1. The first-order valence-corrected chi connectivity index (χ1v) is 9.62. The summed E-state index contributed by atoms with van der Waals surface area (Å²) in [6, 6.07) is 7.86. The van der Waals surface area contributed by atoms with E-state index in [0.717, 1.165) is 10.0 Å². The summed E-state index contributed by atoms with van der Waals surface area (Å²) in [5.41, 5.74) is 1.49. The average Bonchev–Trinajstić information content (AvgIpc) is 3.14. The van der Waals surface area contributed by atoms with Gasteiger partial charge in [0.25, 0.3) is 0 Å². The molecule has 10 heteroatoms. The molecule has 0 saturated heterocycles. The highest BCUT2D eigenvalue weighted by molar-refractivity contribution is 9.10. The molecule has 0 aliphatic carbocycles. The van der Waals surface area contributed by atoms with Crippen LogP contribution in [0, 0.1) is 5.82 Å². The van der Waals surface area contributed by atoms with Crippen LogP contribution >= 0.6 is 27.5 Å². The number of hydrogen-bond donors (Lipinski definition) is 1. The minimum absolute atomic E-state index is 0.158. The van der Waals surface area contributed by atoms with Gasteiger partial charge in [-0.3, -0.25) is 0 Å². The van der Waals surface area contributed by atoms with Crippen LogP contribution in [0.4, 0.5) is 10.3 Å². The maximum Gasteiger partial charge on any atom is 0.243 e. The zero-order valence-electron chi connectivity index (χ0n) is 15.2. The summed E-state index contributed by atoms with van der Waals surface area (Å²) in [7, 11) is 1.57. The minimum atomic E-state index is -0.396. The number of rotatable bonds is 8. The third kappa shape index (κ3) is 4.53. The van der Waals surface area contributed by atoms with E-state index in [9.17, 15) is 4.39 Å². The summed E-state index contributed by atoms with van der Waals surface area (Å²) < 4.78 is 27.2. The number of tetrazole rings is 1. The molecule has 28 heavy (non-hydrogen) atoms. The van der Waals surface area contributed by atoms with Crippen LogP contribution in [0.3, 0.4) is 0 Å². The minimum Gasteiger partial charge on any atom is -0.493 e. The molecular formula is C18H18BrClFN5O2. The smallest absolute Gasteiger partial charge is 0.243 e. The van der Waals surface area contributed by atoms with E-state index in [1.807, 2.05) is 13.0 Å². The Balaban J connectivity index is 1.85. The summed E-state index contributed by atoms with van der Waals surface area (Å²) in [6.07, 6.45) is 0. The van der Waals surface area contributed by atoms with Gasteiger partial charge in [0.15, 0.2) is 11.5 Å². The fourth-order valence-corrected chi connectivity index (χ4v) is 3.24. The molecule has 3 rings (SSSR count). The highest BCUT2D eigenvalue weighted by atomic mass is 79.9. The van der Waals surface area contributed by atoms with Gasteiger partial charge in [-0.05, 0) is 41.6 Å². The molecule has 0 aliphatic heterocycles. The number of nitrogens with zero attached hydrogens (tertiary/aromatic N) is 4. The largest absolute Gasteiger partial charge is 0.493 e. The quantitative estimate of drug-likeness (QED) is 0.524. The van der Waals surface area contributed by atoms with E-state index < -0.39 is 5.82 Å². The molecule has 0 amide bonds. The first kappa shape index (κ1) is 20.3. The van der Waals surface area contributed by atoms with Crippen molar-refractivity contribution < 1.29 is 13.9 Å². The predicted molar refractivity (Wildman–Crippen MR) is 107 cm³/mol. The summed E-state index contributed by atoms with van der Waals surface area (Å²) in [5.74, 6) is 1.26. The van der Waals surface area contributed by atoms with Gasteiger partial charge in [-0.25, -0.2) is 9.07 Å². The Labute approximate surface area is 174 Å². The molecular weight excluding hydrogens is 453 g/mol. The van der Waals surface area contributed by atoms with Gasteiger partial charge in [0.2, 0.25) is 5.95 Å². The fourth-order valence-electron chi connectivity index (χ4n) is 2.57. The van der Waals surface area contributed by atoms with Crippen LogP contribution in [0.5, 0.6) is 11.5 Å². The van der Waals surface area contributed by atoms with Crippen molar-refractivity contribution in [2.45, 2.75) is 26.6 Å². The Hall–Kier alpha value is -2.39. The number of benzene rings is 2. The van der Waals surface area contributed by atoms with Gasteiger partial charge in [-0.1, -0.05) is 38.7 Å². The number of aromatic nitrogens is 4. The number of hydrogen-bond acceptors (Lipinski definition) is 6. The first-order chi connectivity index (χ1) is 13.5. The number of ether oxygens (including phenoxy) is 2. The lowest BCUT2D eigenvalue weighted by Crippen LogP contribution is -2.10. The molecule has 0 aliphatic rings. The molecule has 2 aromatic carbocycles. The number of halogens is 3. The topological polar surface area (TPSA) is 74.1 Å². The van der Waals surface area contributed by atoms with E-state index in [1.165, 1.54) is 12.1 Å². The first-order valence-electron chi connectivity index (χ1n) is 8.45. The van der Waals surface area contributed by atoms with Gasteiger partial charge in [0.05, 0.1) is 12.1 Å². The second-order valence-corrected chi connectivity index (χ2v) is 7.02. The van der Waals surface area contributed by atoms with Crippen molar-refractivity contribution in [3.8, 4) is 11.5 Å². The van der Waals surface area contributed by atoms with Gasteiger partial charge in [-0.15, -0.1) is 0 Å². The van der Waals surface area contributed by atoms with Crippen molar-refractivity contribution in [1.82, 2.24) is 20.2 Å². The van der Waals surface area contributed by atoms with Crippen molar-refractivity contribution in [2.24, 2.45) is 0 Å². The number of nitrogens with one attached hydrogen (secondary N) is 1. The van der Waals surface area contributed by atoms with Crippen molar-refractivity contribution in [1.29, 1.82) is 0 Å². The van der Waals surface area contributed by atoms with Crippen LogP contribution < -0.4 is 14.8 Å². The highest BCUT2D eigenvalue weighted by Crippen LogP contribution is 2.37. The highest BCUT2D eigenvalue weighted by Gasteiger charge is 2.17. The van der Waals surface area contributed by atoms with E-state index >= 15 is 0 Å². The summed E-state index contributed by atoms with van der Waals surface area (Å²) in [6.45, 7) is 3.14. The molecule has 0 saturated carbocycles. The number of methoxy groups -OCH3 is 1. The van der Waals surface area contributed by atoms with Gasteiger partial charge in [0.1, 0.15) is 12.4 Å². The van der Waals surface area contributed by atoms with Crippen LogP contribution in [0.1, 0.15) is 18.1 Å². The summed E-state index contributed by atoms with van der Waals surface area (Å²) in [4.78, 5) is 0. The molecule has 7 nitrogen and oxygen atoms in total.